The Hall–Kier alpha value is -0.650. The lowest BCUT2D eigenvalue weighted by atomic mass is 9.95. The summed E-state index contributed by atoms with van der Waals surface area (Å²) in [5.41, 5.74) is -0.919. The predicted octanol–water partition coefficient (Wildman–Crippen LogP) is 2.58. The summed E-state index contributed by atoms with van der Waals surface area (Å²) in [5.74, 6) is -0.756. The second kappa shape index (κ2) is 8.11. The Balaban J connectivity index is 2.05. The van der Waals surface area contributed by atoms with E-state index in [0.717, 1.165) is 25.7 Å². The Morgan fingerprint density at radius 1 is 1.14 bits per heavy atom. The third kappa shape index (κ3) is 8.39. The molecule has 0 amide bonds. The molecule has 5 heteroatoms. The summed E-state index contributed by atoms with van der Waals surface area (Å²) >= 11 is 0. The zero-order valence-corrected chi connectivity index (χ0v) is 13.9. The number of hydrogen-bond donors (Lipinski definition) is 2. The summed E-state index contributed by atoms with van der Waals surface area (Å²) in [4.78, 5) is 11.4. The van der Waals surface area contributed by atoms with Crippen molar-refractivity contribution in [3.63, 3.8) is 0 Å². The summed E-state index contributed by atoms with van der Waals surface area (Å²) in [6.45, 7) is 9.69. The van der Waals surface area contributed by atoms with E-state index in [0.29, 0.717) is 32.3 Å². The maximum atomic E-state index is 11.4. The van der Waals surface area contributed by atoms with Crippen LogP contribution in [0.1, 0.15) is 59.8 Å². The van der Waals surface area contributed by atoms with Crippen molar-refractivity contribution in [2.24, 2.45) is 0 Å². The van der Waals surface area contributed by atoms with Gasteiger partial charge >= 0.3 is 5.97 Å². The van der Waals surface area contributed by atoms with Crippen LogP contribution in [0.2, 0.25) is 0 Å². The average Bonchev–Trinajstić information content (AvgIpc) is 3.14. The average molecular weight is 301 g/mol. The van der Waals surface area contributed by atoms with Crippen LogP contribution < -0.4 is 5.32 Å². The second-order valence-electron chi connectivity index (χ2n) is 7.09. The van der Waals surface area contributed by atoms with Crippen molar-refractivity contribution in [2.75, 3.05) is 19.8 Å². The smallest absolute Gasteiger partial charge is 0.323 e. The molecule has 0 saturated heterocycles. The first kappa shape index (κ1) is 18.4. The van der Waals surface area contributed by atoms with Crippen LogP contribution in [0.25, 0.3) is 0 Å². The fraction of sp³-hybridized carbons (Fsp3) is 0.938. The molecule has 1 aliphatic carbocycles. The van der Waals surface area contributed by atoms with E-state index < -0.39 is 11.5 Å². The molecule has 0 spiro atoms. The number of ether oxygens (including phenoxy) is 2. The van der Waals surface area contributed by atoms with Gasteiger partial charge in [-0.1, -0.05) is 0 Å². The molecule has 5 nitrogen and oxygen atoms in total. The topological polar surface area (TPSA) is 67.8 Å². The highest BCUT2D eigenvalue weighted by atomic mass is 16.5. The van der Waals surface area contributed by atoms with Crippen molar-refractivity contribution in [1.82, 2.24) is 5.32 Å². The summed E-state index contributed by atoms with van der Waals surface area (Å²) in [5, 5.41) is 12.6. The van der Waals surface area contributed by atoms with E-state index in [-0.39, 0.29) is 5.60 Å². The quantitative estimate of drug-likeness (QED) is 0.574. The highest BCUT2D eigenvalue weighted by Gasteiger charge is 2.37. The van der Waals surface area contributed by atoms with Gasteiger partial charge < -0.3 is 14.6 Å². The van der Waals surface area contributed by atoms with Crippen LogP contribution in [0.15, 0.2) is 0 Å². The predicted molar refractivity (Wildman–Crippen MR) is 82.6 cm³/mol. The zero-order chi connectivity index (χ0) is 15.9. The Kier molecular flexibility index (Phi) is 7.10. The van der Waals surface area contributed by atoms with Crippen molar-refractivity contribution in [2.45, 2.75) is 77.0 Å². The van der Waals surface area contributed by atoms with Gasteiger partial charge in [-0.15, -0.1) is 0 Å². The van der Waals surface area contributed by atoms with Crippen LogP contribution in [0.4, 0.5) is 0 Å². The molecular formula is C16H31NO4. The third-order valence-corrected chi connectivity index (χ3v) is 3.55. The number of aliphatic carboxylic acids is 1. The summed E-state index contributed by atoms with van der Waals surface area (Å²) in [6.07, 6.45) is 4.56. The van der Waals surface area contributed by atoms with Gasteiger partial charge in [-0.3, -0.25) is 10.1 Å². The fourth-order valence-corrected chi connectivity index (χ4v) is 2.11. The maximum absolute atomic E-state index is 11.4. The summed E-state index contributed by atoms with van der Waals surface area (Å²) in [7, 11) is 0. The van der Waals surface area contributed by atoms with Gasteiger partial charge in [0, 0.05) is 12.6 Å². The highest BCUT2D eigenvalue weighted by Crippen LogP contribution is 2.25. The van der Waals surface area contributed by atoms with Gasteiger partial charge in [-0.2, -0.15) is 0 Å². The van der Waals surface area contributed by atoms with Crippen LogP contribution in [0.5, 0.6) is 0 Å². The number of carbonyl (C=O) groups is 1. The molecule has 0 aromatic carbocycles. The van der Waals surface area contributed by atoms with Gasteiger partial charge in [0.25, 0.3) is 0 Å². The Morgan fingerprint density at radius 3 is 2.33 bits per heavy atom. The van der Waals surface area contributed by atoms with E-state index in [4.69, 9.17) is 9.47 Å². The first-order chi connectivity index (χ1) is 9.73. The van der Waals surface area contributed by atoms with Gasteiger partial charge in [0.15, 0.2) is 0 Å². The van der Waals surface area contributed by atoms with E-state index >= 15 is 0 Å². The van der Waals surface area contributed by atoms with Crippen molar-refractivity contribution >= 4 is 5.97 Å². The normalized spacial score (nSPS) is 18.5. The van der Waals surface area contributed by atoms with Crippen LogP contribution >= 0.6 is 0 Å². The molecule has 0 bridgehead atoms. The maximum Gasteiger partial charge on any atom is 0.323 e. The Bertz CT molecular complexity index is 323. The first-order valence-corrected chi connectivity index (χ1v) is 7.96. The standard InChI is InChI=1S/C16H31NO4/c1-15(2,3)21-12-11-20-10-6-5-9-16(4,14(18)19)17-13-7-8-13/h13,17H,5-12H2,1-4H3,(H,18,19). The van der Waals surface area contributed by atoms with Crippen molar-refractivity contribution in [3.05, 3.63) is 0 Å². The molecule has 21 heavy (non-hydrogen) atoms. The van der Waals surface area contributed by atoms with E-state index in [2.05, 4.69) is 5.32 Å². The molecule has 0 heterocycles. The minimum Gasteiger partial charge on any atom is -0.480 e. The minimum absolute atomic E-state index is 0.124. The molecule has 0 aromatic rings. The van der Waals surface area contributed by atoms with Crippen LogP contribution in [0.3, 0.4) is 0 Å². The van der Waals surface area contributed by atoms with Gasteiger partial charge in [-0.25, -0.2) is 0 Å². The first-order valence-electron chi connectivity index (χ1n) is 7.96. The molecular weight excluding hydrogens is 270 g/mol. The number of carboxylic acid groups (broad SMARTS) is 1. The number of hydrogen-bond acceptors (Lipinski definition) is 4. The van der Waals surface area contributed by atoms with Crippen LogP contribution in [-0.2, 0) is 14.3 Å². The molecule has 1 fully saturated rings. The van der Waals surface area contributed by atoms with E-state index in [1.165, 1.54) is 0 Å². The lowest BCUT2D eigenvalue weighted by Gasteiger charge is -2.26. The molecule has 0 aliphatic heterocycles. The molecule has 1 saturated carbocycles. The Labute approximate surface area is 128 Å². The molecule has 2 N–H and O–H groups in total. The SMILES string of the molecule is CC(C)(C)OCCOCCCCC(C)(NC1CC1)C(=O)O. The van der Waals surface area contributed by atoms with Crippen LogP contribution in [-0.4, -0.2) is 48.1 Å². The molecule has 124 valence electrons. The van der Waals surface area contributed by atoms with Gasteiger partial charge in [0.1, 0.15) is 5.54 Å². The minimum atomic E-state index is -0.795. The molecule has 0 aromatic heterocycles. The lowest BCUT2D eigenvalue weighted by molar-refractivity contribution is -0.144. The highest BCUT2D eigenvalue weighted by molar-refractivity contribution is 5.78. The molecule has 0 radical (unpaired) electrons. The monoisotopic (exact) mass is 301 g/mol. The molecule has 1 unspecified atom stereocenters. The van der Waals surface area contributed by atoms with Crippen molar-refractivity contribution in [3.8, 4) is 0 Å². The fourth-order valence-electron chi connectivity index (χ4n) is 2.11. The number of nitrogens with one attached hydrogen (secondary N) is 1. The number of unbranched alkanes of at least 4 members (excludes halogenated alkanes) is 1. The van der Waals surface area contributed by atoms with Crippen LogP contribution in [0, 0.1) is 0 Å². The molecule has 1 aliphatic rings. The summed E-state index contributed by atoms with van der Waals surface area (Å²) in [6, 6.07) is 0.400. The zero-order valence-electron chi connectivity index (χ0n) is 13.9. The number of carboxylic acids is 1. The largest absolute Gasteiger partial charge is 0.480 e. The van der Waals surface area contributed by atoms with E-state index in [9.17, 15) is 9.90 Å². The summed E-state index contributed by atoms with van der Waals surface area (Å²) < 4.78 is 11.1. The van der Waals surface area contributed by atoms with Gasteiger partial charge in [-0.05, 0) is 59.8 Å². The van der Waals surface area contributed by atoms with Crippen molar-refractivity contribution in [1.29, 1.82) is 0 Å². The van der Waals surface area contributed by atoms with E-state index in [1.807, 2.05) is 20.8 Å². The molecule has 1 rings (SSSR count). The number of rotatable bonds is 11. The van der Waals surface area contributed by atoms with E-state index in [1.54, 1.807) is 6.92 Å². The molecule has 1 atom stereocenters. The third-order valence-electron chi connectivity index (χ3n) is 3.55. The second-order valence-corrected chi connectivity index (χ2v) is 7.09. The van der Waals surface area contributed by atoms with Gasteiger partial charge in [0.2, 0.25) is 0 Å². The lowest BCUT2D eigenvalue weighted by Crippen LogP contribution is -2.50. The van der Waals surface area contributed by atoms with Crippen molar-refractivity contribution < 1.29 is 19.4 Å². The van der Waals surface area contributed by atoms with Gasteiger partial charge in [0.05, 0.1) is 18.8 Å². The Morgan fingerprint density at radius 2 is 1.81 bits per heavy atom.